The number of benzene rings is 1. The summed E-state index contributed by atoms with van der Waals surface area (Å²) < 4.78 is 0. The minimum Gasteiger partial charge on any atom is -0.316 e. The van der Waals surface area contributed by atoms with Crippen LogP contribution in [0.5, 0.6) is 0 Å². The Hall–Kier alpha value is -0.820. The van der Waals surface area contributed by atoms with Crippen molar-refractivity contribution < 1.29 is 0 Å². The van der Waals surface area contributed by atoms with Crippen LogP contribution in [-0.2, 0) is 5.41 Å². The first-order chi connectivity index (χ1) is 7.08. The van der Waals surface area contributed by atoms with E-state index in [4.69, 9.17) is 0 Å². The molecule has 15 heavy (non-hydrogen) atoms. The number of rotatable bonds is 5. The quantitative estimate of drug-likeness (QED) is 0.727. The molecule has 1 N–H and O–H groups in total. The third-order valence-electron chi connectivity index (χ3n) is 2.87. The van der Waals surface area contributed by atoms with Crippen LogP contribution in [0.3, 0.4) is 0 Å². The van der Waals surface area contributed by atoms with E-state index in [0.29, 0.717) is 0 Å². The Bertz CT molecular complexity index is 302. The summed E-state index contributed by atoms with van der Waals surface area (Å²) in [4.78, 5) is 0. The maximum absolute atomic E-state index is 3.50. The minimum atomic E-state index is 0.223. The Balaban J connectivity index is 2.72. The van der Waals surface area contributed by atoms with Gasteiger partial charge in [0.15, 0.2) is 0 Å². The van der Waals surface area contributed by atoms with Crippen molar-refractivity contribution in [3.63, 3.8) is 0 Å². The third-order valence-corrected chi connectivity index (χ3v) is 2.87. The largest absolute Gasteiger partial charge is 0.316 e. The fraction of sp³-hybridized carbons (Fsp3) is 0.571. The van der Waals surface area contributed by atoms with E-state index in [1.165, 1.54) is 17.5 Å². The Kier molecular flexibility index (Phi) is 4.34. The van der Waals surface area contributed by atoms with Crippen molar-refractivity contribution in [1.29, 1.82) is 0 Å². The van der Waals surface area contributed by atoms with Gasteiger partial charge in [0.1, 0.15) is 0 Å². The van der Waals surface area contributed by atoms with Crippen molar-refractivity contribution >= 4 is 0 Å². The highest BCUT2D eigenvalue weighted by atomic mass is 14.9. The van der Waals surface area contributed by atoms with Gasteiger partial charge >= 0.3 is 0 Å². The maximum Gasteiger partial charge on any atom is 0.00432 e. The standard InChI is InChI=1S/C14H23N/c1-5-10-15-11-14(3,4)13-9-7-6-8-12(13)2/h6-9,15H,5,10-11H2,1-4H3. The molecule has 0 heterocycles. The van der Waals surface area contributed by atoms with Crippen LogP contribution in [0, 0.1) is 6.92 Å². The number of nitrogens with one attached hydrogen (secondary N) is 1. The van der Waals surface area contributed by atoms with Gasteiger partial charge in [-0.3, -0.25) is 0 Å². The molecule has 0 aromatic heterocycles. The molecule has 0 amide bonds. The minimum absolute atomic E-state index is 0.223. The summed E-state index contributed by atoms with van der Waals surface area (Å²) in [6, 6.07) is 8.66. The first-order valence-corrected chi connectivity index (χ1v) is 5.85. The highest BCUT2D eigenvalue weighted by molar-refractivity contribution is 5.32. The molecule has 0 radical (unpaired) electrons. The molecule has 1 heteroatoms. The molecule has 0 saturated heterocycles. The summed E-state index contributed by atoms with van der Waals surface area (Å²) in [5.41, 5.74) is 3.06. The summed E-state index contributed by atoms with van der Waals surface area (Å²) in [7, 11) is 0. The van der Waals surface area contributed by atoms with Crippen LogP contribution in [0.4, 0.5) is 0 Å². The molecule has 0 aliphatic rings. The average molecular weight is 205 g/mol. The van der Waals surface area contributed by atoms with Gasteiger partial charge in [0, 0.05) is 12.0 Å². The SMILES string of the molecule is CCCNCC(C)(C)c1ccccc1C. The summed E-state index contributed by atoms with van der Waals surface area (Å²) in [5.74, 6) is 0. The predicted octanol–water partition coefficient (Wildman–Crippen LogP) is 3.27. The summed E-state index contributed by atoms with van der Waals surface area (Å²) in [5, 5.41) is 3.50. The monoisotopic (exact) mass is 205 g/mol. The smallest absolute Gasteiger partial charge is 0.00432 e. The molecule has 0 spiro atoms. The number of aryl methyl sites for hydroxylation is 1. The van der Waals surface area contributed by atoms with Crippen LogP contribution in [0.25, 0.3) is 0 Å². The lowest BCUT2D eigenvalue weighted by Gasteiger charge is -2.27. The second kappa shape index (κ2) is 5.32. The molecule has 1 rings (SSSR count). The third kappa shape index (κ3) is 3.35. The highest BCUT2D eigenvalue weighted by Gasteiger charge is 2.21. The molecular formula is C14H23N. The Labute approximate surface area is 93.9 Å². The van der Waals surface area contributed by atoms with Crippen LogP contribution in [0.15, 0.2) is 24.3 Å². The maximum atomic E-state index is 3.50. The zero-order valence-electron chi connectivity index (χ0n) is 10.4. The molecule has 0 atom stereocenters. The van der Waals surface area contributed by atoms with Crippen molar-refractivity contribution in [2.45, 2.75) is 39.5 Å². The zero-order valence-corrected chi connectivity index (χ0v) is 10.4. The van der Waals surface area contributed by atoms with E-state index in [1.54, 1.807) is 0 Å². The molecular weight excluding hydrogens is 182 g/mol. The fourth-order valence-electron chi connectivity index (χ4n) is 2.01. The molecule has 0 unspecified atom stereocenters. The van der Waals surface area contributed by atoms with E-state index in [2.05, 4.69) is 57.3 Å². The molecule has 0 fully saturated rings. The van der Waals surface area contributed by atoms with Gasteiger partial charge in [-0.15, -0.1) is 0 Å². The van der Waals surface area contributed by atoms with Crippen LogP contribution in [0.1, 0.15) is 38.3 Å². The van der Waals surface area contributed by atoms with E-state index in [-0.39, 0.29) is 5.41 Å². The van der Waals surface area contributed by atoms with Crippen molar-refractivity contribution in [2.75, 3.05) is 13.1 Å². The summed E-state index contributed by atoms with van der Waals surface area (Å²) in [6.07, 6.45) is 1.20. The molecule has 84 valence electrons. The van der Waals surface area contributed by atoms with Crippen molar-refractivity contribution in [1.82, 2.24) is 5.32 Å². The lowest BCUT2D eigenvalue weighted by molar-refractivity contribution is 0.467. The van der Waals surface area contributed by atoms with E-state index in [9.17, 15) is 0 Å². The van der Waals surface area contributed by atoms with Gasteiger partial charge in [0.05, 0.1) is 0 Å². The van der Waals surface area contributed by atoms with Gasteiger partial charge in [-0.25, -0.2) is 0 Å². The molecule has 0 aliphatic carbocycles. The molecule has 0 saturated carbocycles. The van der Waals surface area contributed by atoms with Crippen LogP contribution in [-0.4, -0.2) is 13.1 Å². The van der Waals surface area contributed by atoms with Crippen molar-refractivity contribution in [3.05, 3.63) is 35.4 Å². The van der Waals surface area contributed by atoms with Gasteiger partial charge in [-0.1, -0.05) is 45.0 Å². The van der Waals surface area contributed by atoms with Crippen LogP contribution >= 0.6 is 0 Å². The first kappa shape index (κ1) is 12.3. The second-order valence-corrected chi connectivity index (χ2v) is 4.88. The Morgan fingerprint density at radius 1 is 1.20 bits per heavy atom. The van der Waals surface area contributed by atoms with Gasteiger partial charge in [0.2, 0.25) is 0 Å². The van der Waals surface area contributed by atoms with E-state index >= 15 is 0 Å². The van der Waals surface area contributed by atoms with E-state index in [0.717, 1.165) is 13.1 Å². The lowest BCUT2D eigenvalue weighted by Crippen LogP contribution is -2.33. The van der Waals surface area contributed by atoms with Gasteiger partial charge in [0.25, 0.3) is 0 Å². The number of hydrogen-bond acceptors (Lipinski definition) is 1. The van der Waals surface area contributed by atoms with Crippen LogP contribution < -0.4 is 5.32 Å². The molecule has 0 aliphatic heterocycles. The number of hydrogen-bond donors (Lipinski definition) is 1. The summed E-state index contributed by atoms with van der Waals surface area (Å²) in [6.45, 7) is 11.2. The Morgan fingerprint density at radius 2 is 1.87 bits per heavy atom. The molecule has 1 aromatic carbocycles. The zero-order chi connectivity index (χ0) is 11.3. The Morgan fingerprint density at radius 3 is 2.47 bits per heavy atom. The van der Waals surface area contributed by atoms with Gasteiger partial charge < -0.3 is 5.32 Å². The highest BCUT2D eigenvalue weighted by Crippen LogP contribution is 2.25. The van der Waals surface area contributed by atoms with Crippen molar-refractivity contribution in [3.8, 4) is 0 Å². The first-order valence-electron chi connectivity index (χ1n) is 5.85. The van der Waals surface area contributed by atoms with Crippen LogP contribution in [0.2, 0.25) is 0 Å². The average Bonchev–Trinajstić information content (AvgIpc) is 2.18. The lowest BCUT2D eigenvalue weighted by atomic mass is 9.82. The predicted molar refractivity (Wildman–Crippen MR) is 67.4 cm³/mol. The van der Waals surface area contributed by atoms with E-state index < -0.39 is 0 Å². The van der Waals surface area contributed by atoms with Crippen molar-refractivity contribution in [2.24, 2.45) is 0 Å². The summed E-state index contributed by atoms with van der Waals surface area (Å²) >= 11 is 0. The van der Waals surface area contributed by atoms with E-state index in [1.807, 2.05) is 0 Å². The van der Waals surface area contributed by atoms with Gasteiger partial charge in [-0.05, 0) is 31.0 Å². The second-order valence-electron chi connectivity index (χ2n) is 4.88. The molecule has 1 nitrogen and oxygen atoms in total. The topological polar surface area (TPSA) is 12.0 Å². The normalized spacial score (nSPS) is 11.7. The molecule has 0 bridgehead atoms. The fourth-order valence-corrected chi connectivity index (χ4v) is 2.01. The van der Waals surface area contributed by atoms with Gasteiger partial charge in [-0.2, -0.15) is 0 Å². The molecule has 1 aromatic rings.